The SMILES string of the molecule is CCc1nnsc1C(=O)Nc1c(O)cccc1[N+](=O)[O-]. The second-order valence-electron chi connectivity index (χ2n) is 3.78. The van der Waals surface area contributed by atoms with Crippen molar-refractivity contribution in [3.63, 3.8) is 0 Å². The van der Waals surface area contributed by atoms with Crippen LogP contribution in [0, 0.1) is 10.1 Å². The number of rotatable bonds is 4. The molecule has 0 fully saturated rings. The van der Waals surface area contributed by atoms with E-state index in [0.717, 1.165) is 11.5 Å². The van der Waals surface area contributed by atoms with Crippen LogP contribution in [0.3, 0.4) is 0 Å². The molecule has 0 spiro atoms. The highest BCUT2D eigenvalue weighted by molar-refractivity contribution is 7.08. The Morgan fingerprint density at radius 3 is 2.95 bits per heavy atom. The predicted molar refractivity (Wildman–Crippen MR) is 72.0 cm³/mol. The lowest BCUT2D eigenvalue weighted by molar-refractivity contribution is -0.384. The number of para-hydroxylation sites is 1. The van der Waals surface area contributed by atoms with Gasteiger partial charge in [-0.05, 0) is 24.0 Å². The van der Waals surface area contributed by atoms with Crippen LogP contribution in [0.4, 0.5) is 11.4 Å². The van der Waals surface area contributed by atoms with E-state index in [9.17, 15) is 20.0 Å². The number of carbonyl (C=O) groups is 1. The first-order valence-corrected chi connectivity index (χ1v) is 6.40. The number of benzene rings is 1. The Hall–Kier alpha value is -2.55. The van der Waals surface area contributed by atoms with Crippen molar-refractivity contribution in [2.75, 3.05) is 5.32 Å². The lowest BCUT2D eigenvalue weighted by Crippen LogP contribution is -2.13. The molecule has 9 heteroatoms. The number of nitrogens with one attached hydrogen (secondary N) is 1. The number of aromatic hydroxyl groups is 1. The standard InChI is InChI=1S/C11H10N4O4S/c1-2-6-10(20-14-13-6)11(17)12-9-7(15(18)19)4-3-5-8(9)16/h3-5,16H,2H2,1H3,(H,12,17). The van der Waals surface area contributed by atoms with E-state index < -0.39 is 10.8 Å². The molecule has 2 rings (SSSR count). The molecule has 0 atom stereocenters. The van der Waals surface area contributed by atoms with E-state index in [1.54, 1.807) is 0 Å². The van der Waals surface area contributed by atoms with Gasteiger partial charge in [-0.15, -0.1) is 5.10 Å². The van der Waals surface area contributed by atoms with Gasteiger partial charge in [-0.1, -0.05) is 17.5 Å². The number of aromatic nitrogens is 2. The van der Waals surface area contributed by atoms with E-state index in [1.165, 1.54) is 18.2 Å². The summed E-state index contributed by atoms with van der Waals surface area (Å²) in [6.07, 6.45) is 0.516. The van der Waals surface area contributed by atoms with Gasteiger partial charge in [0.2, 0.25) is 0 Å². The summed E-state index contributed by atoms with van der Waals surface area (Å²) >= 11 is 0.897. The number of carbonyl (C=O) groups excluding carboxylic acids is 1. The van der Waals surface area contributed by atoms with Gasteiger partial charge in [0.15, 0.2) is 5.69 Å². The smallest absolute Gasteiger partial charge is 0.296 e. The fourth-order valence-corrected chi connectivity index (χ4v) is 2.24. The zero-order valence-electron chi connectivity index (χ0n) is 10.4. The van der Waals surface area contributed by atoms with Gasteiger partial charge >= 0.3 is 0 Å². The Morgan fingerprint density at radius 2 is 2.30 bits per heavy atom. The number of aryl methyl sites for hydroxylation is 1. The minimum atomic E-state index is -0.680. The molecule has 0 bridgehead atoms. The summed E-state index contributed by atoms with van der Waals surface area (Å²) in [4.78, 5) is 22.5. The third-order valence-corrected chi connectivity index (χ3v) is 3.32. The molecule has 0 radical (unpaired) electrons. The zero-order valence-corrected chi connectivity index (χ0v) is 11.2. The number of phenols is 1. The summed E-state index contributed by atoms with van der Waals surface area (Å²) < 4.78 is 3.67. The predicted octanol–water partition coefficient (Wildman–Crippen LogP) is 1.97. The minimum Gasteiger partial charge on any atom is -0.505 e. The van der Waals surface area contributed by atoms with Crippen molar-refractivity contribution in [1.82, 2.24) is 9.59 Å². The highest BCUT2D eigenvalue weighted by atomic mass is 32.1. The molecule has 0 aliphatic carbocycles. The maximum absolute atomic E-state index is 12.1. The van der Waals surface area contributed by atoms with Crippen LogP contribution in [0.2, 0.25) is 0 Å². The largest absolute Gasteiger partial charge is 0.505 e. The average Bonchev–Trinajstić information content (AvgIpc) is 2.89. The Labute approximate surface area is 117 Å². The van der Waals surface area contributed by atoms with Crippen molar-refractivity contribution in [3.05, 3.63) is 38.9 Å². The highest BCUT2D eigenvalue weighted by Gasteiger charge is 2.22. The number of nitro groups is 1. The summed E-state index contributed by atoms with van der Waals surface area (Å²) in [7, 11) is 0. The molecule has 1 aromatic heterocycles. The molecular formula is C11H10N4O4S. The lowest BCUT2D eigenvalue weighted by Gasteiger charge is -2.06. The number of nitrogens with zero attached hydrogens (tertiary/aromatic N) is 3. The summed E-state index contributed by atoms with van der Waals surface area (Å²) in [5.41, 5.74) is -0.114. The Morgan fingerprint density at radius 1 is 1.55 bits per heavy atom. The number of amides is 1. The molecule has 2 N–H and O–H groups in total. The first-order valence-electron chi connectivity index (χ1n) is 5.63. The molecule has 20 heavy (non-hydrogen) atoms. The maximum Gasteiger partial charge on any atom is 0.296 e. The second kappa shape index (κ2) is 5.61. The van der Waals surface area contributed by atoms with Crippen molar-refractivity contribution < 1.29 is 14.8 Å². The van der Waals surface area contributed by atoms with Crippen LogP contribution in [0.25, 0.3) is 0 Å². The Bertz CT molecular complexity index is 670. The Balaban J connectivity index is 2.35. The molecule has 0 saturated heterocycles. The number of hydrogen-bond donors (Lipinski definition) is 2. The van der Waals surface area contributed by atoms with Gasteiger partial charge in [0, 0.05) is 6.07 Å². The average molecular weight is 294 g/mol. The highest BCUT2D eigenvalue weighted by Crippen LogP contribution is 2.33. The zero-order chi connectivity index (χ0) is 14.7. The number of nitro benzene ring substituents is 1. The molecule has 0 aliphatic heterocycles. The van der Waals surface area contributed by atoms with Crippen LogP contribution >= 0.6 is 11.5 Å². The fourth-order valence-electron chi connectivity index (χ4n) is 1.59. The Kier molecular flexibility index (Phi) is 3.89. The molecule has 1 aromatic carbocycles. The first-order chi connectivity index (χ1) is 9.54. The van der Waals surface area contributed by atoms with Crippen molar-refractivity contribution in [2.24, 2.45) is 0 Å². The van der Waals surface area contributed by atoms with E-state index >= 15 is 0 Å². The molecule has 0 unspecified atom stereocenters. The van der Waals surface area contributed by atoms with Crippen molar-refractivity contribution >= 4 is 28.8 Å². The normalized spacial score (nSPS) is 10.2. The van der Waals surface area contributed by atoms with Gasteiger partial charge in [0.1, 0.15) is 10.6 Å². The van der Waals surface area contributed by atoms with Crippen LogP contribution in [-0.4, -0.2) is 25.5 Å². The molecule has 0 aliphatic rings. The van der Waals surface area contributed by atoms with Crippen molar-refractivity contribution in [2.45, 2.75) is 13.3 Å². The van der Waals surface area contributed by atoms with Gasteiger partial charge in [-0.25, -0.2) is 0 Å². The van der Waals surface area contributed by atoms with E-state index in [-0.39, 0.29) is 22.0 Å². The van der Waals surface area contributed by atoms with E-state index in [4.69, 9.17) is 0 Å². The number of hydrogen-bond acceptors (Lipinski definition) is 7. The van der Waals surface area contributed by atoms with Crippen molar-refractivity contribution in [1.29, 1.82) is 0 Å². The van der Waals surface area contributed by atoms with E-state index in [1.807, 2.05) is 6.92 Å². The van der Waals surface area contributed by atoms with Crippen LogP contribution < -0.4 is 5.32 Å². The monoisotopic (exact) mass is 294 g/mol. The van der Waals surface area contributed by atoms with Crippen LogP contribution in [-0.2, 0) is 6.42 Å². The van der Waals surface area contributed by atoms with E-state index in [2.05, 4.69) is 14.9 Å². The summed E-state index contributed by atoms with van der Waals surface area (Å²) in [5.74, 6) is -0.954. The number of phenolic OH excluding ortho intramolecular Hbond substituents is 1. The molecule has 104 valence electrons. The van der Waals surface area contributed by atoms with Gasteiger partial charge in [-0.3, -0.25) is 14.9 Å². The van der Waals surface area contributed by atoms with Crippen LogP contribution in [0.1, 0.15) is 22.3 Å². The van der Waals surface area contributed by atoms with Gasteiger partial charge in [0.25, 0.3) is 11.6 Å². The van der Waals surface area contributed by atoms with Gasteiger partial charge < -0.3 is 10.4 Å². The van der Waals surface area contributed by atoms with Crippen LogP contribution in [0.5, 0.6) is 5.75 Å². The third-order valence-electron chi connectivity index (χ3n) is 2.55. The van der Waals surface area contributed by atoms with Gasteiger partial charge in [-0.2, -0.15) is 0 Å². The topological polar surface area (TPSA) is 118 Å². The molecule has 2 aromatic rings. The second-order valence-corrected chi connectivity index (χ2v) is 4.54. The first kappa shape index (κ1) is 13.9. The quantitative estimate of drug-likeness (QED) is 0.505. The minimum absolute atomic E-state index is 0.238. The molecule has 1 heterocycles. The van der Waals surface area contributed by atoms with Crippen LogP contribution in [0.15, 0.2) is 18.2 Å². The molecule has 0 saturated carbocycles. The lowest BCUT2D eigenvalue weighted by atomic mass is 10.2. The fraction of sp³-hybridized carbons (Fsp3) is 0.182. The maximum atomic E-state index is 12.1. The summed E-state index contributed by atoms with van der Waals surface area (Å²) in [5, 5.41) is 26.7. The molecule has 8 nitrogen and oxygen atoms in total. The van der Waals surface area contributed by atoms with Gasteiger partial charge in [0.05, 0.1) is 10.6 Å². The number of anilines is 1. The van der Waals surface area contributed by atoms with E-state index in [0.29, 0.717) is 12.1 Å². The van der Waals surface area contributed by atoms with Crippen molar-refractivity contribution in [3.8, 4) is 5.75 Å². The third kappa shape index (κ3) is 2.57. The molecular weight excluding hydrogens is 284 g/mol. The summed E-state index contributed by atoms with van der Waals surface area (Å²) in [6.45, 7) is 1.82. The summed E-state index contributed by atoms with van der Waals surface area (Å²) in [6, 6.07) is 3.78. The molecule has 1 amide bonds.